The van der Waals surface area contributed by atoms with Crippen molar-refractivity contribution in [3.63, 3.8) is 0 Å². The first kappa shape index (κ1) is 12.5. The van der Waals surface area contributed by atoms with Crippen molar-refractivity contribution < 1.29 is 9.53 Å². The molecule has 2 heteroatoms. The van der Waals surface area contributed by atoms with E-state index in [4.69, 9.17) is 4.74 Å². The van der Waals surface area contributed by atoms with Crippen molar-refractivity contribution in [3.8, 4) is 0 Å². The van der Waals surface area contributed by atoms with Crippen LogP contribution in [-0.2, 0) is 9.53 Å². The van der Waals surface area contributed by atoms with Crippen molar-refractivity contribution in [2.45, 2.75) is 32.8 Å². The third-order valence-corrected chi connectivity index (χ3v) is 2.51. The highest BCUT2D eigenvalue weighted by molar-refractivity contribution is 5.81. The summed E-state index contributed by atoms with van der Waals surface area (Å²) in [7, 11) is 0. The summed E-state index contributed by atoms with van der Waals surface area (Å²) in [6, 6.07) is 7.98. The molecule has 0 radical (unpaired) electrons. The van der Waals surface area contributed by atoms with Crippen LogP contribution in [0, 0.1) is 6.92 Å². The number of ether oxygens (including phenoxy) is 1. The van der Waals surface area contributed by atoms with E-state index in [0.29, 0.717) is 0 Å². The minimum absolute atomic E-state index is 0.156. The third kappa shape index (κ3) is 3.23. The summed E-state index contributed by atoms with van der Waals surface area (Å²) in [4.78, 5) is 11.2. The van der Waals surface area contributed by atoms with Gasteiger partial charge < -0.3 is 4.74 Å². The van der Waals surface area contributed by atoms with Crippen molar-refractivity contribution in [2.24, 2.45) is 0 Å². The number of hydrogen-bond donors (Lipinski definition) is 0. The standard InChI is InChI=1S/C14H18O2/c1-4-8-13(16-14(15)5-2)12-10-7-6-9-11(12)3/h5-7,9-10,13H,2,4,8H2,1,3H3. The number of hydrogen-bond acceptors (Lipinski definition) is 2. The molecule has 0 fully saturated rings. The molecule has 1 atom stereocenters. The average molecular weight is 218 g/mol. The van der Waals surface area contributed by atoms with Gasteiger partial charge in [-0.25, -0.2) is 4.79 Å². The molecule has 0 aliphatic carbocycles. The summed E-state index contributed by atoms with van der Waals surface area (Å²) in [6.07, 6.45) is 2.87. The van der Waals surface area contributed by atoms with E-state index in [1.807, 2.05) is 31.2 Å². The largest absolute Gasteiger partial charge is 0.454 e. The quantitative estimate of drug-likeness (QED) is 0.558. The number of carbonyl (C=O) groups excluding carboxylic acids is 1. The normalized spacial score (nSPS) is 11.9. The molecule has 0 bridgehead atoms. The number of esters is 1. The summed E-state index contributed by atoms with van der Waals surface area (Å²) in [5.41, 5.74) is 2.23. The van der Waals surface area contributed by atoms with Gasteiger partial charge in [0.25, 0.3) is 0 Å². The lowest BCUT2D eigenvalue weighted by molar-refractivity contribution is -0.143. The molecule has 0 heterocycles. The minimum atomic E-state index is -0.360. The smallest absolute Gasteiger partial charge is 0.330 e. The fourth-order valence-electron chi connectivity index (χ4n) is 1.68. The molecule has 0 amide bonds. The van der Waals surface area contributed by atoms with Crippen LogP contribution in [-0.4, -0.2) is 5.97 Å². The van der Waals surface area contributed by atoms with Gasteiger partial charge in [-0.3, -0.25) is 0 Å². The fraction of sp³-hybridized carbons (Fsp3) is 0.357. The molecule has 0 saturated carbocycles. The molecule has 16 heavy (non-hydrogen) atoms. The Balaban J connectivity index is 2.88. The van der Waals surface area contributed by atoms with E-state index in [0.717, 1.165) is 24.0 Å². The van der Waals surface area contributed by atoms with E-state index in [1.165, 1.54) is 6.08 Å². The molecular formula is C14H18O2. The molecule has 1 unspecified atom stereocenters. The van der Waals surface area contributed by atoms with Crippen molar-refractivity contribution in [3.05, 3.63) is 48.0 Å². The zero-order valence-corrected chi connectivity index (χ0v) is 9.90. The summed E-state index contributed by atoms with van der Waals surface area (Å²) in [5, 5.41) is 0. The van der Waals surface area contributed by atoms with Crippen LogP contribution in [0.2, 0.25) is 0 Å². The molecule has 0 saturated heterocycles. The van der Waals surface area contributed by atoms with E-state index >= 15 is 0 Å². The maximum Gasteiger partial charge on any atom is 0.330 e. The van der Waals surface area contributed by atoms with E-state index in [-0.39, 0.29) is 12.1 Å². The van der Waals surface area contributed by atoms with Crippen LogP contribution in [0.25, 0.3) is 0 Å². The van der Waals surface area contributed by atoms with Crippen LogP contribution in [0.5, 0.6) is 0 Å². The van der Waals surface area contributed by atoms with Gasteiger partial charge in [0.05, 0.1) is 0 Å². The second kappa shape index (κ2) is 6.11. The second-order valence-electron chi connectivity index (χ2n) is 3.77. The number of rotatable bonds is 5. The Labute approximate surface area is 96.9 Å². The molecule has 1 aromatic rings. The second-order valence-corrected chi connectivity index (χ2v) is 3.77. The highest BCUT2D eigenvalue weighted by Crippen LogP contribution is 2.25. The molecule has 0 aliphatic heterocycles. The zero-order valence-electron chi connectivity index (χ0n) is 9.90. The van der Waals surface area contributed by atoms with Gasteiger partial charge in [0, 0.05) is 6.08 Å². The lowest BCUT2D eigenvalue weighted by atomic mass is 10.0. The van der Waals surface area contributed by atoms with Gasteiger partial charge in [-0.2, -0.15) is 0 Å². The zero-order chi connectivity index (χ0) is 12.0. The van der Waals surface area contributed by atoms with Gasteiger partial charge in [-0.05, 0) is 24.5 Å². The van der Waals surface area contributed by atoms with Crippen molar-refractivity contribution in [1.82, 2.24) is 0 Å². The molecule has 1 rings (SSSR count). The van der Waals surface area contributed by atoms with Crippen molar-refractivity contribution >= 4 is 5.97 Å². The SMILES string of the molecule is C=CC(=O)OC(CCC)c1ccccc1C. The van der Waals surface area contributed by atoms with Gasteiger partial charge in [0.1, 0.15) is 6.10 Å². The Kier molecular flexibility index (Phi) is 4.77. The van der Waals surface area contributed by atoms with Crippen LogP contribution >= 0.6 is 0 Å². The predicted molar refractivity (Wildman–Crippen MR) is 65.1 cm³/mol. The summed E-state index contributed by atoms with van der Waals surface area (Å²) in [6.45, 7) is 7.52. The maximum absolute atomic E-state index is 11.2. The van der Waals surface area contributed by atoms with Gasteiger partial charge in [0.15, 0.2) is 0 Å². The lowest BCUT2D eigenvalue weighted by Gasteiger charge is -2.18. The van der Waals surface area contributed by atoms with Crippen LogP contribution in [0.1, 0.15) is 37.0 Å². The predicted octanol–water partition coefficient (Wildman–Crippen LogP) is 3.57. The molecule has 0 spiro atoms. The monoisotopic (exact) mass is 218 g/mol. The molecule has 0 aromatic heterocycles. The first-order valence-corrected chi connectivity index (χ1v) is 5.57. The van der Waals surface area contributed by atoms with E-state index < -0.39 is 0 Å². The third-order valence-electron chi connectivity index (χ3n) is 2.51. The van der Waals surface area contributed by atoms with Crippen LogP contribution < -0.4 is 0 Å². The Bertz CT molecular complexity index is 369. The van der Waals surface area contributed by atoms with E-state index in [9.17, 15) is 4.79 Å². The van der Waals surface area contributed by atoms with E-state index in [1.54, 1.807) is 0 Å². The molecule has 1 aromatic carbocycles. The summed E-state index contributed by atoms with van der Waals surface area (Å²) < 4.78 is 5.35. The Morgan fingerprint density at radius 2 is 2.19 bits per heavy atom. The highest BCUT2D eigenvalue weighted by Gasteiger charge is 2.15. The number of benzene rings is 1. The van der Waals surface area contributed by atoms with Gasteiger partial charge in [0.2, 0.25) is 0 Å². The van der Waals surface area contributed by atoms with Crippen LogP contribution in [0.4, 0.5) is 0 Å². The van der Waals surface area contributed by atoms with Gasteiger partial charge >= 0.3 is 5.97 Å². The van der Waals surface area contributed by atoms with Crippen LogP contribution in [0.15, 0.2) is 36.9 Å². The minimum Gasteiger partial charge on any atom is -0.454 e. The molecule has 0 aliphatic rings. The van der Waals surface area contributed by atoms with Crippen molar-refractivity contribution in [2.75, 3.05) is 0 Å². The van der Waals surface area contributed by atoms with Gasteiger partial charge in [-0.1, -0.05) is 44.2 Å². The Morgan fingerprint density at radius 3 is 2.75 bits per heavy atom. The first-order chi connectivity index (χ1) is 7.69. The average Bonchev–Trinajstić information content (AvgIpc) is 2.29. The Morgan fingerprint density at radius 1 is 1.50 bits per heavy atom. The van der Waals surface area contributed by atoms with E-state index in [2.05, 4.69) is 13.5 Å². The molecule has 2 nitrogen and oxygen atoms in total. The van der Waals surface area contributed by atoms with Gasteiger partial charge in [-0.15, -0.1) is 0 Å². The highest BCUT2D eigenvalue weighted by atomic mass is 16.5. The summed E-state index contributed by atoms with van der Waals surface area (Å²) >= 11 is 0. The molecule has 0 N–H and O–H groups in total. The Hall–Kier alpha value is -1.57. The summed E-state index contributed by atoms with van der Waals surface area (Å²) in [5.74, 6) is -0.360. The maximum atomic E-state index is 11.2. The van der Waals surface area contributed by atoms with Crippen molar-refractivity contribution in [1.29, 1.82) is 0 Å². The fourth-order valence-corrected chi connectivity index (χ4v) is 1.68. The lowest BCUT2D eigenvalue weighted by Crippen LogP contribution is -2.10. The first-order valence-electron chi connectivity index (χ1n) is 5.57. The molecule has 86 valence electrons. The molecular weight excluding hydrogens is 200 g/mol. The number of carbonyl (C=O) groups is 1. The topological polar surface area (TPSA) is 26.3 Å². The number of aryl methyl sites for hydroxylation is 1. The van der Waals surface area contributed by atoms with Crippen LogP contribution in [0.3, 0.4) is 0 Å².